The van der Waals surface area contributed by atoms with E-state index in [0.717, 1.165) is 23.6 Å². The lowest BCUT2D eigenvalue weighted by Crippen LogP contribution is -3.13. The van der Waals surface area contributed by atoms with E-state index in [2.05, 4.69) is 0 Å². The highest BCUT2D eigenvalue weighted by Gasteiger charge is 2.13. The van der Waals surface area contributed by atoms with Crippen molar-refractivity contribution in [2.45, 2.75) is 19.3 Å². The highest BCUT2D eigenvalue weighted by molar-refractivity contribution is 5.80. The van der Waals surface area contributed by atoms with Crippen molar-refractivity contribution in [3.63, 3.8) is 0 Å². The smallest absolute Gasteiger partial charge is 0.193 e. The Morgan fingerprint density at radius 3 is 2.41 bits per heavy atom. The fourth-order valence-electron chi connectivity index (χ4n) is 3.74. The molecule has 1 aliphatic rings. The summed E-state index contributed by atoms with van der Waals surface area (Å²) >= 11 is 0. The first-order valence-corrected chi connectivity index (χ1v) is 9.91. The highest BCUT2D eigenvalue weighted by Crippen LogP contribution is 2.26. The lowest BCUT2D eigenvalue weighted by molar-refractivity contribution is -0.904. The summed E-state index contributed by atoms with van der Waals surface area (Å²) in [5.74, 6) is 2.03. The van der Waals surface area contributed by atoms with Crippen molar-refractivity contribution in [3.8, 4) is 22.8 Å². The number of ether oxygens (including phenoxy) is 2. The molecule has 0 unspecified atom stereocenters. The minimum Gasteiger partial charge on any atom is -1.00 e. The topological polar surface area (TPSA) is 53.1 Å². The van der Waals surface area contributed by atoms with E-state index in [1.54, 1.807) is 18.1 Å². The third-order valence-corrected chi connectivity index (χ3v) is 5.36. The summed E-state index contributed by atoms with van der Waals surface area (Å²) < 4.78 is 17.1. The van der Waals surface area contributed by atoms with Crippen molar-refractivity contribution in [2.24, 2.45) is 0 Å². The molecule has 0 aliphatic carbocycles. The predicted octanol–water partition coefficient (Wildman–Crippen LogP) is -0.0798. The lowest BCUT2D eigenvalue weighted by atomic mass is 10.1. The maximum Gasteiger partial charge on any atom is 0.193 e. The molecule has 0 radical (unpaired) electrons. The first kappa shape index (κ1) is 21.2. The van der Waals surface area contributed by atoms with Crippen LogP contribution in [0.5, 0.6) is 11.5 Å². The Kier molecular flexibility index (Phi) is 7.18. The fourth-order valence-corrected chi connectivity index (χ4v) is 3.74. The average Bonchev–Trinajstić information content (AvgIpc) is 2.74. The monoisotopic (exact) mass is 415 g/mol. The van der Waals surface area contributed by atoms with Gasteiger partial charge in [0.15, 0.2) is 5.43 Å². The van der Waals surface area contributed by atoms with Gasteiger partial charge in [0.05, 0.1) is 25.6 Å². The summed E-state index contributed by atoms with van der Waals surface area (Å²) in [7, 11) is 1.62. The molecule has 2 heterocycles. The van der Waals surface area contributed by atoms with Gasteiger partial charge in [-0.3, -0.25) is 4.79 Å². The second-order valence-electron chi connectivity index (χ2n) is 7.27. The summed E-state index contributed by atoms with van der Waals surface area (Å²) in [6.45, 7) is 4.15. The Labute approximate surface area is 176 Å². The number of benzene rings is 2. The number of piperidine rings is 1. The summed E-state index contributed by atoms with van der Waals surface area (Å²) in [4.78, 5) is 14.1. The minimum atomic E-state index is -0.0589. The predicted molar refractivity (Wildman–Crippen MR) is 109 cm³/mol. The molecule has 1 N–H and O–H groups in total. The van der Waals surface area contributed by atoms with Crippen LogP contribution in [0.3, 0.4) is 0 Å². The number of hydrogen-bond donors (Lipinski definition) is 1. The van der Waals surface area contributed by atoms with Gasteiger partial charge in [0.25, 0.3) is 0 Å². The normalized spacial score (nSPS) is 14.4. The first-order chi connectivity index (χ1) is 13.7. The molecule has 6 heteroatoms. The van der Waals surface area contributed by atoms with Crippen LogP contribution in [0.15, 0.2) is 57.7 Å². The number of quaternary nitrogens is 1. The fraction of sp³-hybridized carbons (Fsp3) is 0.348. The molecule has 3 aromatic rings. The molecule has 154 valence electrons. The Hall–Kier alpha value is -2.50. The third kappa shape index (κ3) is 5.11. The van der Waals surface area contributed by atoms with Crippen molar-refractivity contribution in [3.05, 3.63) is 58.8 Å². The molecule has 2 aromatic carbocycles. The quantitative estimate of drug-likeness (QED) is 0.612. The van der Waals surface area contributed by atoms with Crippen LogP contribution in [-0.2, 0) is 0 Å². The molecule has 1 aromatic heterocycles. The number of hydrogen-bond acceptors (Lipinski definition) is 4. The van der Waals surface area contributed by atoms with E-state index in [9.17, 15) is 4.79 Å². The van der Waals surface area contributed by atoms with Crippen LogP contribution in [0.1, 0.15) is 19.3 Å². The Balaban J connectivity index is 0.00000240. The van der Waals surface area contributed by atoms with Gasteiger partial charge in [-0.2, -0.15) is 0 Å². The molecule has 0 bridgehead atoms. The van der Waals surface area contributed by atoms with Crippen LogP contribution in [0.4, 0.5) is 0 Å². The second-order valence-corrected chi connectivity index (χ2v) is 7.27. The van der Waals surface area contributed by atoms with Crippen molar-refractivity contribution in [1.82, 2.24) is 0 Å². The Morgan fingerprint density at radius 1 is 0.966 bits per heavy atom. The number of halogens is 1. The molecule has 4 rings (SSSR count). The molecular formula is C23H26ClNO4. The number of nitrogens with one attached hydrogen (secondary N) is 1. The summed E-state index contributed by atoms with van der Waals surface area (Å²) in [5.41, 5.74) is 1.32. The third-order valence-electron chi connectivity index (χ3n) is 5.36. The summed E-state index contributed by atoms with van der Waals surface area (Å²) in [6, 6.07) is 14.4. The zero-order valence-corrected chi connectivity index (χ0v) is 17.3. The SMILES string of the molecule is COc1ccc(-c2cc(=O)c3ccc(OCC[NH+]4CCCCC4)cc3o2)cc1.[Cl-]. The largest absolute Gasteiger partial charge is 1.00 e. The standard InChI is InChI=1S/C23H25NO4.ClH/c1-26-18-7-5-17(6-8-18)22-16-21(25)20-10-9-19(15-23(20)28-22)27-14-13-24-11-3-2-4-12-24;/h5-10,15-16H,2-4,11-14H2,1H3;1H. The van der Waals surface area contributed by atoms with Gasteiger partial charge in [0.1, 0.15) is 36.0 Å². The lowest BCUT2D eigenvalue weighted by Gasteiger charge is -2.23. The molecule has 0 spiro atoms. The van der Waals surface area contributed by atoms with Crippen molar-refractivity contribution < 1.29 is 31.2 Å². The van der Waals surface area contributed by atoms with Gasteiger partial charge in [-0.25, -0.2) is 0 Å². The molecule has 0 atom stereocenters. The minimum absolute atomic E-state index is 0. The van der Waals surface area contributed by atoms with Gasteiger partial charge in [0, 0.05) is 17.7 Å². The van der Waals surface area contributed by atoms with E-state index in [-0.39, 0.29) is 17.8 Å². The molecule has 1 fully saturated rings. The second kappa shape index (κ2) is 9.81. The van der Waals surface area contributed by atoms with Gasteiger partial charge in [0.2, 0.25) is 0 Å². The van der Waals surface area contributed by atoms with Gasteiger partial charge >= 0.3 is 0 Å². The molecule has 1 aliphatic heterocycles. The van der Waals surface area contributed by atoms with Gasteiger partial charge < -0.3 is 31.2 Å². The van der Waals surface area contributed by atoms with Gasteiger partial charge in [-0.15, -0.1) is 0 Å². The average molecular weight is 416 g/mol. The first-order valence-electron chi connectivity index (χ1n) is 9.91. The molecule has 0 saturated carbocycles. The van der Waals surface area contributed by atoms with E-state index >= 15 is 0 Å². The van der Waals surface area contributed by atoms with E-state index in [4.69, 9.17) is 13.9 Å². The molecule has 29 heavy (non-hydrogen) atoms. The van der Waals surface area contributed by atoms with Crippen LogP contribution >= 0.6 is 0 Å². The van der Waals surface area contributed by atoms with E-state index in [1.165, 1.54) is 38.4 Å². The highest BCUT2D eigenvalue weighted by atomic mass is 35.5. The molecule has 5 nitrogen and oxygen atoms in total. The molecule has 0 amide bonds. The molecule has 1 saturated heterocycles. The summed E-state index contributed by atoms with van der Waals surface area (Å²) in [5, 5.41) is 0.561. The zero-order valence-electron chi connectivity index (χ0n) is 16.6. The van der Waals surface area contributed by atoms with Crippen molar-refractivity contribution >= 4 is 11.0 Å². The van der Waals surface area contributed by atoms with Gasteiger partial charge in [-0.05, 0) is 55.7 Å². The number of likely N-dealkylation sites (tertiary alicyclic amines) is 1. The number of fused-ring (bicyclic) bond motifs is 1. The van der Waals surface area contributed by atoms with Crippen molar-refractivity contribution in [1.29, 1.82) is 0 Å². The van der Waals surface area contributed by atoms with Gasteiger partial charge in [-0.1, -0.05) is 0 Å². The van der Waals surface area contributed by atoms with Crippen molar-refractivity contribution in [2.75, 3.05) is 33.4 Å². The zero-order chi connectivity index (χ0) is 19.3. The van der Waals surface area contributed by atoms with Crippen LogP contribution in [0.2, 0.25) is 0 Å². The van der Waals surface area contributed by atoms with Crippen LogP contribution in [0.25, 0.3) is 22.3 Å². The Bertz CT molecular complexity index is 994. The van der Waals surface area contributed by atoms with E-state index in [1.807, 2.05) is 36.4 Å². The summed E-state index contributed by atoms with van der Waals surface area (Å²) in [6.07, 6.45) is 3.97. The maximum atomic E-state index is 12.5. The van der Waals surface area contributed by atoms with Crippen LogP contribution in [0, 0.1) is 0 Å². The van der Waals surface area contributed by atoms with Crippen LogP contribution in [-0.4, -0.2) is 33.4 Å². The number of methoxy groups -OCH3 is 1. The molecular weight excluding hydrogens is 390 g/mol. The Morgan fingerprint density at radius 2 is 1.69 bits per heavy atom. The number of rotatable bonds is 6. The van der Waals surface area contributed by atoms with E-state index in [0.29, 0.717) is 23.3 Å². The van der Waals surface area contributed by atoms with E-state index < -0.39 is 0 Å². The maximum absolute atomic E-state index is 12.5. The van der Waals surface area contributed by atoms with Crippen LogP contribution < -0.4 is 32.2 Å².